The van der Waals surface area contributed by atoms with Crippen LogP contribution in [-0.2, 0) is 14.3 Å². The molecule has 1 aliphatic rings. The van der Waals surface area contributed by atoms with Crippen molar-refractivity contribution in [3.63, 3.8) is 0 Å². The molecule has 2 atom stereocenters. The van der Waals surface area contributed by atoms with Gasteiger partial charge >= 0.3 is 11.9 Å². The third-order valence-electron chi connectivity index (χ3n) is 2.21. The highest BCUT2D eigenvalue weighted by atomic mass is 16.6. The van der Waals surface area contributed by atoms with Crippen LogP contribution in [-0.4, -0.2) is 23.1 Å². The maximum Gasteiger partial charge on any atom is 0.335 e. The predicted octanol–water partition coefficient (Wildman–Crippen LogP) is 1.14. The second-order valence-electron chi connectivity index (χ2n) is 3.48. The Kier molecular flexibility index (Phi) is 2.62. The van der Waals surface area contributed by atoms with Gasteiger partial charge in [0.15, 0.2) is 6.10 Å². The lowest BCUT2D eigenvalue weighted by Gasteiger charge is -2.01. The number of rotatable bonds is 3. The number of carboxylic acids is 1. The molecule has 1 saturated heterocycles. The molecule has 1 heterocycles. The van der Waals surface area contributed by atoms with Crippen molar-refractivity contribution in [2.45, 2.75) is 19.1 Å². The van der Waals surface area contributed by atoms with E-state index in [1.54, 1.807) is 24.3 Å². The molecule has 0 radical (unpaired) electrons. The summed E-state index contributed by atoms with van der Waals surface area (Å²) in [7, 11) is 0. The van der Waals surface area contributed by atoms with E-state index in [2.05, 4.69) is 0 Å². The Morgan fingerprint density at radius 3 is 2.38 bits per heavy atom. The second kappa shape index (κ2) is 3.94. The van der Waals surface area contributed by atoms with Crippen LogP contribution >= 0.6 is 0 Å². The normalized spacial score (nSPS) is 22.6. The number of epoxide rings is 1. The summed E-state index contributed by atoms with van der Waals surface area (Å²) < 4.78 is 9.83. The van der Waals surface area contributed by atoms with Crippen LogP contribution in [0.25, 0.3) is 0 Å². The molecular formula is C11H10O5. The molecule has 1 fully saturated rings. The monoisotopic (exact) mass is 222 g/mol. The summed E-state index contributed by atoms with van der Waals surface area (Å²) in [6.45, 7) is 1.32. The van der Waals surface area contributed by atoms with E-state index in [9.17, 15) is 9.59 Å². The van der Waals surface area contributed by atoms with Crippen LogP contribution in [0.5, 0.6) is 5.75 Å². The first kappa shape index (κ1) is 10.6. The topological polar surface area (TPSA) is 76.1 Å². The van der Waals surface area contributed by atoms with Crippen molar-refractivity contribution < 1.29 is 24.2 Å². The third kappa shape index (κ3) is 2.20. The highest BCUT2D eigenvalue weighted by Gasteiger charge is 2.46. The average Bonchev–Trinajstić information content (AvgIpc) is 2.97. The Balaban J connectivity index is 2.04. The summed E-state index contributed by atoms with van der Waals surface area (Å²) in [6.07, 6.45) is -1.14. The predicted molar refractivity (Wildman–Crippen MR) is 53.0 cm³/mol. The number of esters is 1. The lowest BCUT2D eigenvalue weighted by Crippen LogP contribution is -2.05. The zero-order chi connectivity index (χ0) is 11.7. The molecule has 5 heteroatoms. The van der Waals surface area contributed by atoms with Gasteiger partial charge in [-0.25, -0.2) is 4.79 Å². The maximum absolute atomic E-state index is 10.7. The highest BCUT2D eigenvalue weighted by Crippen LogP contribution is 2.39. The fourth-order valence-electron chi connectivity index (χ4n) is 1.45. The average molecular weight is 222 g/mol. The fraction of sp³-hybridized carbons (Fsp3) is 0.273. The van der Waals surface area contributed by atoms with Gasteiger partial charge in [0.05, 0.1) is 0 Å². The van der Waals surface area contributed by atoms with Crippen LogP contribution < -0.4 is 4.74 Å². The molecule has 16 heavy (non-hydrogen) atoms. The van der Waals surface area contributed by atoms with Gasteiger partial charge in [-0.15, -0.1) is 0 Å². The Labute approximate surface area is 91.6 Å². The number of carbonyl (C=O) groups is 2. The van der Waals surface area contributed by atoms with Crippen LogP contribution in [0.2, 0.25) is 0 Å². The molecule has 5 nitrogen and oxygen atoms in total. The van der Waals surface area contributed by atoms with Crippen molar-refractivity contribution in [3.8, 4) is 5.75 Å². The Bertz CT molecular complexity index is 423. The zero-order valence-corrected chi connectivity index (χ0v) is 8.54. The molecule has 0 amide bonds. The van der Waals surface area contributed by atoms with Crippen molar-refractivity contribution in [2.75, 3.05) is 0 Å². The van der Waals surface area contributed by atoms with Crippen molar-refractivity contribution in [3.05, 3.63) is 29.8 Å². The molecule has 0 aliphatic carbocycles. The quantitative estimate of drug-likeness (QED) is 0.471. The number of aliphatic carboxylic acids is 1. The van der Waals surface area contributed by atoms with Crippen LogP contribution in [0.3, 0.4) is 0 Å². The molecule has 1 aromatic rings. The minimum absolute atomic E-state index is 0.385. The van der Waals surface area contributed by atoms with Crippen molar-refractivity contribution in [1.82, 2.24) is 0 Å². The standard InChI is InChI=1S/C11H10O5/c1-6(12)15-8-4-2-7(3-5-8)9-10(16-9)11(13)14/h2-5,9-10H,1H3,(H,13,14)/t9-,10+/m0/s1. The van der Waals surface area contributed by atoms with Crippen molar-refractivity contribution in [2.24, 2.45) is 0 Å². The number of hydrogen-bond acceptors (Lipinski definition) is 4. The smallest absolute Gasteiger partial charge is 0.335 e. The number of carbonyl (C=O) groups excluding carboxylic acids is 1. The Morgan fingerprint density at radius 1 is 1.31 bits per heavy atom. The molecule has 84 valence electrons. The number of carboxylic acid groups (broad SMARTS) is 1. The first-order valence-electron chi connectivity index (χ1n) is 4.74. The lowest BCUT2D eigenvalue weighted by atomic mass is 10.1. The first-order valence-corrected chi connectivity index (χ1v) is 4.74. The zero-order valence-electron chi connectivity index (χ0n) is 8.54. The van der Waals surface area contributed by atoms with Gasteiger partial charge in [0.25, 0.3) is 0 Å². The van der Waals surface area contributed by atoms with Gasteiger partial charge in [0, 0.05) is 6.92 Å². The largest absolute Gasteiger partial charge is 0.479 e. The van der Waals surface area contributed by atoms with Gasteiger partial charge in [-0.3, -0.25) is 4.79 Å². The van der Waals surface area contributed by atoms with Gasteiger partial charge in [-0.2, -0.15) is 0 Å². The van der Waals surface area contributed by atoms with Gasteiger partial charge in [0.1, 0.15) is 11.9 Å². The maximum atomic E-state index is 10.7. The van der Waals surface area contributed by atoms with E-state index >= 15 is 0 Å². The molecular weight excluding hydrogens is 212 g/mol. The molecule has 0 aromatic heterocycles. The van der Waals surface area contributed by atoms with E-state index in [-0.39, 0.29) is 12.1 Å². The Hall–Kier alpha value is -1.88. The van der Waals surface area contributed by atoms with Gasteiger partial charge in [-0.05, 0) is 17.7 Å². The SMILES string of the molecule is CC(=O)Oc1ccc([C@@H]2O[C@H]2C(=O)O)cc1. The molecule has 0 unspecified atom stereocenters. The summed E-state index contributed by atoms with van der Waals surface area (Å²) >= 11 is 0. The number of hydrogen-bond donors (Lipinski definition) is 1. The van der Waals surface area contributed by atoms with E-state index in [0.29, 0.717) is 5.75 Å². The minimum atomic E-state index is -0.964. The second-order valence-corrected chi connectivity index (χ2v) is 3.48. The molecule has 1 aromatic carbocycles. The van der Waals surface area contributed by atoms with E-state index in [1.165, 1.54) is 6.92 Å². The molecule has 2 rings (SSSR count). The van der Waals surface area contributed by atoms with Crippen LogP contribution in [0.1, 0.15) is 18.6 Å². The van der Waals surface area contributed by atoms with E-state index in [0.717, 1.165) is 5.56 Å². The molecule has 1 aliphatic heterocycles. The molecule has 0 saturated carbocycles. The minimum Gasteiger partial charge on any atom is -0.479 e. The van der Waals surface area contributed by atoms with Crippen LogP contribution in [0.4, 0.5) is 0 Å². The Morgan fingerprint density at radius 2 is 1.94 bits per heavy atom. The van der Waals surface area contributed by atoms with E-state index in [4.69, 9.17) is 14.6 Å². The summed E-state index contributed by atoms with van der Waals surface area (Å²) in [5.41, 5.74) is 0.767. The third-order valence-corrected chi connectivity index (χ3v) is 2.21. The summed E-state index contributed by atoms with van der Waals surface area (Å²) in [4.78, 5) is 21.2. The van der Waals surface area contributed by atoms with Crippen LogP contribution in [0.15, 0.2) is 24.3 Å². The molecule has 0 bridgehead atoms. The number of ether oxygens (including phenoxy) is 2. The number of benzene rings is 1. The lowest BCUT2D eigenvalue weighted by molar-refractivity contribution is -0.138. The summed E-state index contributed by atoms with van der Waals surface area (Å²) in [5, 5.41) is 8.66. The van der Waals surface area contributed by atoms with Gasteiger partial charge < -0.3 is 14.6 Å². The molecule has 0 spiro atoms. The van der Waals surface area contributed by atoms with Gasteiger partial charge in [0.2, 0.25) is 0 Å². The van der Waals surface area contributed by atoms with E-state index in [1.807, 2.05) is 0 Å². The van der Waals surface area contributed by atoms with Crippen molar-refractivity contribution >= 4 is 11.9 Å². The highest BCUT2D eigenvalue weighted by molar-refractivity contribution is 5.76. The summed E-state index contributed by atoms with van der Waals surface area (Å²) in [5.74, 6) is -0.920. The summed E-state index contributed by atoms with van der Waals surface area (Å²) in [6, 6.07) is 6.59. The van der Waals surface area contributed by atoms with Gasteiger partial charge in [-0.1, -0.05) is 12.1 Å². The fourth-order valence-corrected chi connectivity index (χ4v) is 1.45. The van der Waals surface area contributed by atoms with E-state index < -0.39 is 12.1 Å². The first-order chi connectivity index (χ1) is 7.58. The molecule has 1 N–H and O–H groups in total. The van der Waals surface area contributed by atoms with Crippen LogP contribution in [0, 0.1) is 0 Å². The van der Waals surface area contributed by atoms with Crippen molar-refractivity contribution in [1.29, 1.82) is 0 Å².